The van der Waals surface area contributed by atoms with Gasteiger partial charge in [-0.15, -0.1) is 12.4 Å². The third-order valence-corrected chi connectivity index (χ3v) is 2.35. The number of nitrogens with two attached hydrogens (primary N) is 2. The number of amides is 2. The predicted octanol–water partition coefficient (Wildman–Crippen LogP) is 1.27. The van der Waals surface area contributed by atoms with E-state index in [1.165, 1.54) is 4.90 Å². The van der Waals surface area contributed by atoms with Crippen molar-refractivity contribution in [2.75, 3.05) is 18.8 Å². The summed E-state index contributed by atoms with van der Waals surface area (Å²) in [6, 6.07) is 6.68. The second kappa shape index (κ2) is 7.63. The van der Waals surface area contributed by atoms with Crippen LogP contribution in [-0.4, -0.2) is 29.8 Å². The number of anilines is 1. The Morgan fingerprint density at radius 3 is 2.42 bits per heavy atom. The van der Waals surface area contributed by atoms with E-state index in [4.69, 9.17) is 11.5 Å². The highest BCUT2D eigenvalue weighted by molar-refractivity contribution is 5.97. The molecule has 0 fully saturated rings. The topological polar surface area (TPSA) is 89.4 Å². The summed E-state index contributed by atoms with van der Waals surface area (Å²) < 4.78 is 0. The van der Waals surface area contributed by atoms with Gasteiger partial charge in [0.25, 0.3) is 5.91 Å². The van der Waals surface area contributed by atoms with Gasteiger partial charge in [-0.3, -0.25) is 9.59 Å². The van der Waals surface area contributed by atoms with Crippen molar-refractivity contribution in [2.24, 2.45) is 11.7 Å². The molecule has 0 aliphatic carbocycles. The molecule has 0 saturated carbocycles. The van der Waals surface area contributed by atoms with E-state index >= 15 is 0 Å². The minimum atomic E-state index is -0.520. The smallest absolute Gasteiger partial charge is 0.254 e. The van der Waals surface area contributed by atoms with E-state index in [0.29, 0.717) is 17.8 Å². The molecule has 0 heterocycles. The molecule has 6 heteroatoms. The van der Waals surface area contributed by atoms with Gasteiger partial charge >= 0.3 is 0 Å². The molecule has 106 valence electrons. The number of carbonyl (C=O) groups excluding carboxylic acids is 2. The van der Waals surface area contributed by atoms with Crippen LogP contribution in [0.1, 0.15) is 24.2 Å². The van der Waals surface area contributed by atoms with Crippen LogP contribution < -0.4 is 11.5 Å². The molecular formula is C13H20ClN3O2. The summed E-state index contributed by atoms with van der Waals surface area (Å²) >= 11 is 0. The Labute approximate surface area is 119 Å². The zero-order valence-corrected chi connectivity index (χ0v) is 11.9. The van der Waals surface area contributed by atoms with Crippen molar-refractivity contribution in [3.63, 3.8) is 0 Å². The largest absolute Gasteiger partial charge is 0.399 e. The lowest BCUT2D eigenvalue weighted by Crippen LogP contribution is -2.40. The fraction of sp³-hybridized carbons (Fsp3) is 0.385. The molecule has 2 amide bonds. The van der Waals surface area contributed by atoms with E-state index in [2.05, 4.69) is 0 Å². The number of rotatable bonds is 5. The van der Waals surface area contributed by atoms with Crippen molar-refractivity contribution in [1.29, 1.82) is 0 Å². The molecule has 0 unspecified atom stereocenters. The average Bonchev–Trinajstić information content (AvgIpc) is 2.26. The van der Waals surface area contributed by atoms with Crippen LogP contribution >= 0.6 is 12.4 Å². The number of nitrogen functional groups attached to an aromatic ring is 1. The maximum absolute atomic E-state index is 12.2. The van der Waals surface area contributed by atoms with Gasteiger partial charge in [0.2, 0.25) is 5.91 Å². The van der Waals surface area contributed by atoms with Gasteiger partial charge in [-0.25, -0.2) is 0 Å². The summed E-state index contributed by atoms with van der Waals surface area (Å²) in [6.45, 7) is 4.35. The van der Waals surface area contributed by atoms with Crippen LogP contribution in [0.4, 0.5) is 5.69 Å². The Morgan fingerprint density at radius 1 is 1.32 bits per heavy atom. The zero-order chi connectivity index (χ0) is 13.7. The first kappa shape index (κ1) is 17.2. The molecule has 1 rings (SSSR count). The lowest BCUT2D eigenvalue weighted by Gasteiger charge is -2.23. The molecule has 19 heavy (non-hydrogen) atoms. The molecule has 1 aromatic rings. The summed E-state index contributed by atoms with van der Waals surface area (Å²) in [5.41, 5.74) is 11.8. The molecule has 0 aliphatic rings. The van der Waals surface area contributed by atoms with Crippen molar-refractivity contribution in [3.05, 3.63) is 29.8 Å². The standard InChI is InChI=1S/C13H19N3O2.ClH/c1-9(2)7-16(8-12(15)17)13(18)10-4-3-5-11(14)6-10;/h3-6,9H,7-8,14H2,1-2H3,(H2,15,17);1H. The van der Waals surface area contributed by atoms with Gasteiger partial charge in [0.1, 0.15) is 0 Å². The molecule has 0 saturated heterocycles. The van der Waals surface area contributed by atoms with E-state index in [9.17, 15) is 9.59 Å². The molecule has 0 bridgehead atoms. The van der Waals surface area contributed by atoms with Crippen LogP contribution in [0.15, 0.2) is 24.3 Å². The molecule has 0 aromatic heterocycles. The average molecular weight is 286 g/mol. The maximum atomic E-state index is 12.2. The summed E-state index contributed by atoms with van der Waals surface area (Å²) in [4.78, 5) is 24.7. The fourth-order valence-corrected chi connectivity index (χ4v) is 1.70. The third-order valence-electron chi connectivity index (χ3n) is 2.35. The minimum absolute atomic E-state index is 0. The van der Waals surface area contributed by atoms with Gasteiger partial charge in [-0.05, 0) is 24.1 Å². The van der Waals surface area contributed by atoms with E-state index in [1.54, 1.807) is 24.3 Å². The van der Waals surface area contributed by atoms with Gasteiger partial charge < -0.3 is 16.4 Å². The molecule has 5 nitrogen and oxygen atoms in total. The first-order chi connectivity index (χ1) is 8.40. The van der Waals surface area contributed by atoms with Crippen LogP contribution in [0.3, 0.4) is 0 Å². The Bertz CT molecular complexity index is 449. The van der Waals surface area contributed by atoms with E-state index in [-0.39, 0.29) is 30.8 Å². The molecule has 0 spiro atoms. The Balaban J connectivity index is 0.00000324. The van der Waals surface area contributed by atoms with Crippen LogP contribution in [0.25, 0.3) is 0 Å². The van der Waals surface area contributed by atoms with Gasteiger partial charge in [-0.1, -0.05) is 19.9 Å². The first-order valence-electron chi connectivity index (χ1n) is 5.83. The number of hydrogen-bond acceptors (Lipinski definition) is 3. The lowest BCUT2D eigenvalue weighted by atomic mass is 10.1. The van der Waals surface area contributed by atoms with Crippen LogP contribution in [0, 0.1) is 5.92 Å². The van der Waals surface area contributed by atoms with Gasteiger partial charge in [-0.2, -0.15) is 0 Å². The van der Waals surface area contributed by atoms with Crippen molar-refractivity contribution in [2.45, 2.75) is 13.8 Å². The fourth-order valence-electron chi connectivity index (χ4n) is 1.70. The number of carbonyl (C=O) groups is 2. The highest BCUT2D eigenvalue weighted by Gasteiger charge is 2.18. The van der Waals surface area contributed by atoms with Crippen LogP contribution in [0.5, 0.6) is 0 Å². The van der Waals surface area contributed by atoms with Crippen molar-refractivity contribution >= 4 is 29.9 Å². The Morgan fingerprint density at radius 2 is 1.95 bits per heavy atom. The normalized spacial score (nSPS) is 9.84. The predicted molar refractivity (Wildman–Crippen MR) is 78.0 cm³/mol. The monoisotopic (exact) mass is 285 g/mol. The third kappa shape index (κ3) is 5.61. The number of hydrogen-bond donors (Lipinski definition) is 2. The first-order valence-corrected chi connectivity index (χ1v) is 5.83. The summed E-state index contributed by atoms with van der Waals surface area (Å²) in [5.74, 6) is -0.489. The maximum Gasteiger partial charge on any atom is 0.254 e. The van der Waals surface area contributed by atoms with Crippen LogP contribution in [-0.2, 0) is 4.79 Å². The molecule has 1 aromatic carbocycles. The molecule has 0 radical (unpaired) electrons. The van der Waals surface area contributed by atoms with Crippen molar-refractivity contribution < 1.29 is 9.59 Å². The van der Waals surface area contributed by atoms with Gasteiger partial charge in [0.05, 0.1) is 6.54 Å². The molecule has 0 atom stereocenters. The quantitative estimate of drug-likeness (QED) is 0.799. The van der Waals surface area contributed by atoms with Crippen LogP contribution in [0.2, 0.25) is 0 Å². The second-order valence-corrected chi connectivity index (χ2v) is 4.67. The highest BCUT2D eigenvalue weighted by atomic mass is 35.5. The second-order valence-electron chi connectivity index (χ2n) is 4.67. The zero-order valence-electron chi connectivity index (χ0n) is 11.1. The minimum Gasteiger partial charge on any atom is -0.399 e. The molecule has 0 aliphatic heterocycles. The van der Waals surface area contributed by atoms with Crippen molar-refractivity contribution in [3.8, 4) is 0 Å². The van der Waals surface area contributed by atoms with Gasteiger partial charge in [0, 0.05) is 17.8 Å². The van der Waals surface area contributed by atoms with E-state index in [0.717, 1.165) is 0 Å². The Kier molecular flexibility index (Phi) is 6.93. The number of nitrogens with zero attached hydrogens (tertiary/aromatic N) is 1. The number of benzene rings is 1. The van der Waals surface area contributed by atoms with E-state index < -0.39 is 5.91 Å². The van der Waals surface area contributed by atoms with Gasteiger partial charge in [0.15, 0.2) is 0 Å². The SMILES string of the molecule is CC(C)CN(CC(N)=O)C(=O)c1cccc(N)c1.Cl. The summed E-state index contributed by atoms with van der Waals surface area (Å²) in [7, 11) is 0. The lowest BCUT2D eigenvalue weighted by molar-refractivity contribution is -0.118. The summed E-state index contributed by atoms with van der Waals surface area (Å²) in [5, 5.41) is 0. The van der Waals surface area contributed by atoms with Crippen molar-refractivity contribution in [1.82, 2.24) is 4.90 Å². The molecule has 4 N–H and O–H groups in total. The Hall–Kier alpha value is -1.75. The number of halogens is 1. The molecular weight excluding hydrogens is 266 g/mol. The number of primary amides is 1. The van der Waals surface area contributed by atoms with E-state index in [1.807, 2.05) is 13.8 Å². The highest BCUT2D eigenvalue weighted by Crippen LogP contribution is 2.11. The summed E-state index contributed by atoms with van der Waals surface area (Å²) in [6.07, 6.45) is 0.